The fourth-order valence-electron chi connectivity index (χ4n) is 0.856. The van der Waals surface area contributed by atoms with Gasteiger partial charge in [0.2, 0.25) is 0 Å². The van der Waals surface area contributed by atoms with Crippen molar-refractivity contribution in [1.82, 2.24) is 0 Å². The maximum absolute atomic E-state index is 8.51. The minimum atomic E-state index is 0. The molecule has 0 heterocycles. The molecule has 0 aliphatic rings. The first kappa shape index (κ1) is 10.7. The van der Waals surface area contributed by atoms with Crippen molar-refractivity contribution in [2.45, 2.75) is 12.8 Å². The molecule has 0 bridgehead atoms. The first-order valence-corrected chi connectivity index (χ1v) is 3.50. The molecule has 0 saturated heterocycles. The molecule has 0 aromatic heterocycles. The van der Waals surface area contributed by atoms with Gasteiger partial charge in [0.05, 0.1) is 0 Å². The third-order valence-electron chi connectivity index (χ3n) is 1.38. The van der Waals surface area contributed by atoms with Crippen molar-refractivity contribution < 1.29 is 22.2 Å². The van der Waals surface area contributed by atoms with Crippen LogP contribution in [0, 0.1) is 6.07 Å². The zero-order valence-corrected chi connectivity index (χ0v) is 7.12. The van der Waals surface area contributed by atoms with Gasteiger partial charge >= 0.3 is 17.1 Å². The Balaban J connectivity index is 0.000001000. The Kier molecular flexibility index (Phi) is 6.24. The van der Waals surface area contributed by atoms with Crippen molar-refractivity contribution in [3.63, 3.8) is 0 Å². The van der Waals surface area contributed by atoms with E-state index in [4.69, 9.17) is 5.11 Å². The largest absolute Gasteiger partial charge is 1.00 e. The van der Waals surface area contributed by atoms with E-state index in [1.54, 1.807) is 0 Å². The van der Waals surface area contributed by atoms with E-state index in [0.29, 0.717) is 0 Å². The van der Waals surface area contributed by atoms with Gasteiger partial charge in [-0.3, -0.25) is 0 Å². The summed E-state index contributed by atoms with van der Waals surface area (Å²) in [7, 11) is 0. The van der Waals surface area contributed by atoms with Crippen molar-refractivity contribution in [2.75, 3.05) is 6.61 Å². The Morgan fingerprint density at radius 2 is 2.18 bits per heavy atom. The van der Waals surface area contributed by atoms with E-state index in [-0.39, 0.29) is 23.7 Å². The third kappa shape index (κ3) is 4.20. The molecular weight excluding hydrogens is 188 g/mol. The molecule has 0 fully saturated rings. The van der Waals surface area contributed by atoms with Crippen LogP contribution in [0.15, 0.2) is 24.3 Å². The van der Waals surface area contributed by atoms with Crippen LogP contribution in [0.2, 0.25) is 0 Å². The van der Waals surface area contributed by atoms with Crippen molar-refractivity contribution in [3.8, 4) is 0 Å². The summed E-state index contributed by atoms with van der Waals surface area (Å²) < 4.78 is 0. The molecule has 0 unspecified atom stereocenters. The molecule has 1 nitrogen and oxygen atoms in total. The van der Waals surface area contributed by atoms with E-state index in [1.165, 1.54) is 5.56 Å². The molecule has 1 N–H and O–H groups in total. The molecule has 2 heteroatoms. The topological polar surface area (TPSA) is 20.2 Å². The van der Waals surface area contributed by atoms with Crippen LogP contribution in [-0.4, -0.2) is 11.7 Å². The normalized spacial score (nSPS) is 8.82. The van der Waals surface area contributed by atoms with Gasteiger partial charge in [-0.1, -0.05) is 0 Å². The van der Waals surface area contributed by atoms with Gasteiger partial charge in [-0.05, 0) is 12.8 Å². The second-order valence-corrected chi connectivity index (χ2v) is 2.21. The predicted molar refractivity (Wildman–Crippen MR) is 40.7 cm³/mol. The Morgan fingerprint density at radius 1 is 1.36 bits per heavy atom. The molecule has 64 valence electrons. The minimum absolute atomic E-state index is 0. The summed E-state index contributed by atoms with van der Waals surface area (Å²) in [5.74, 6) is 0. The summed E-state index contributed by atoms with van der Waals surface area (Å²) in [6.07, 6.45) is 1.76. The van der Waals surface area contributed by atoms with Gasteiger partial charge < -0.3 is 5.11 Å². The van der Waals surface area contributed by atoms with Gasteiger partial charge in [0, 0.05) is 6.61 Å². The Bertz CT molecular complexity index is 174. The second kappa shape index (κ2) is 6.41. The van der Waals surface area contributed by atoms with Crippen molar-refractivity contribution in [2.24, 2.45) is 0 Å². The van der Waals surface area contributed by atoms with Crippen LogP contribution < -0.4 is 0 Å². The number of aliphatic hydroxyl groups is 1. The summed E-state index contributed by atoms with van der Waals surface area (Å²) in [5, 5.41) is 8.51. The fourth-order valence-corrected chi connectivity index (χ4v) is 0.856. The number of hydrogen-bond acceptors (Lipinski definition) is 1. The number of benzene rings is 1. The zero-order chi connectivity index (χ0) is 7.23. The summed E-state index contributed by atoms with van der Waals surface area (Å²) in [4.78, 5) is 0. The maximum Gasteiger partial charge on any atom is 1.00 e. The predicted octanol–water partition coefficient (Wildman–Crippen LogP) is 1.41. The minimum Gasteiger partial charge on any atom is -0.396 e. The standard InChI is InChI=1S/C9H11O.Cu/c10-8-4-7-9-5-2-1-3-6-9;/h1-3,5,10H,4,7-8H2;/q-1;+1. The van der Waals surface area contributed by atoms with E-state index in [9.17, 15) is 0 Å². The van der Waals surface area contributed by atoms with Gasteiger partial charge in [-0.15, -0.1) is 0 Å². The third-order valence-corrected chi connectivity index (χ3v) is 1.38. The SMILES string of the molecule is OCCCc1[c-]cccc1.[Cu+]. The van der Waals surface area contributed by atoms with Crippen LogP contribution in [0.5, 0.6) is 0 Å². The molecule has 0 saturated carbocycles. The van der Waals surface area contributed by atoms with Crippen LogP contribution in [0.4, 0.5) is 0 Å². The number of aliphatic hydroxyl groups excluding tert-OH is 1. The summed E-state index contributed by atoms with van der Waals surface area (Å²) in [6, 6.07) is 10.9. The molecule has 0 aliphatic carbocycles. The van der Waals surface area contributed by atoms with E-state index >= 15 is 0 Å². The van der Waals surface area contributed by atoms with Crippen LogP contribution in [0.1, 0.15) is 12.0 Å². The molecule has 1 aromatic rings. The molecule has 1 aromatic carbocycles. The van der Waals surface area contributed by atoms with Crippen LogP contribution in [0.25, 0.3) is 0 Å². The summed E-state index contributed by atoms with van der Waals surface area (Å²) in [6.45, 7) is 0.267. The molecule has 0 spiro atoms. The van der Waals surface area contributed by atoms with Gasteiger partial charge in [0.25, 0.3) is 0 Å². The van der Waals surface area contributed by atoms with Crippen molar-refractivity contribution in [1.29, 1.82) is 0 Å². The zero-order valence-electron chi connectivity index (χ0n) is 6.18. The number of hydrogen-bond donors (Lipinski definition) is 1. The van der Waals surface area contributed by atoms with E-state index in [0.717, 1.165) is 12.8 Å². The first-order chi connectivity index (χ1) is 4.93. The molecule has 11 heavy (non-hydrogen) atoms. The summed E-state index contributed by atoms with van der Waals surface area (Å²) >= 11 is 0. The second-order valence-electron chi connectivity index (χ2n) is 2.21. The Morgan fingerprint density at radius 3 is 2.73 bits per heavy atom. The van der Waals surface area contributed by atoms with E-state index in [1.807, 2.05) is 24.3 Å². The number of rotatable bonds is 3. The van der Waals surface area contributed by atoms with Gasteiger partial charge in [0.15, 0.2) is 0 Å². The molecule has 1 rings (SSSR count). The average Bonchev–Trinajstić information content (AvgIpc) is 2.03. The summed E-state index contributed by atoms with van der Waals surface area (Å²) in [5.41, 5.74) is 1.18. The quantitative estimate of drug-likeness (QED) is 0.575. The van der Waals surface area contributed by atoms with Crippen LogP contribution in [-0.2, 0) is 23.5 Å². The Hall–Kier alpha value is -0.301. The molecule has 0 atom stereocenters. The van der Waals surface area contributed by atoms with E-state index < -0.39 is 0 Å². The first-order valence-electron chi connectivity index (χ1n) is 3.50. The van der Waals surface area contributed by atoms with Crippen molar-refractivity contribution >= 4 is 0 Å². The van der Waals surface area contributed by atoms with Gasteiger partial charge in [-0.25, -0.2) is 0 Å². The van der Waals surface area contributed by atoms with Gasteiger partial charge in [0.1, 0.15) is 0 Å². The molecular formula is C9H11CuO. The average molecular weight is 199 g/mol. The van der Waals surface area contributed by atoms with Crippen LogP contribution in [0.3, 0.4) is 0 Å². The maximum atomic E-state index is 8.51. The smallest absolute Gasteiger partial charge is 0.396 e. The molecule has 0 radical (unpaired) electrons. The Labute approximate surface area is 77.9 Å². The fraction of sp³-hybridized carbons (Fsp3) is 0.333. The van der Waals surface area contributed by atoms with Crippen LogP contribution >= 0.6 is 0 Å². The van der Waals surface area contributed by atoms with Gasteiger partial charge in [-0.2, -0.15) is 35.9 Å². The van der Waals surface area contributed by atoms with Crippen molar-refractivity contribution in [3.05, 3.63) is 35.9 Å². The molecule has 0 aliphatic heterocycles. The number of aryl methyl sites for hydroxylation is 1. The molecule has 0 amide bonds. The van der Waals surface area contributed by atoms with E-state index in [2.05, 4.69) is 6.07 Å². The monoisotopic (exact) mass is 198 g/mol.